The minimum Gasteiger partial charge on any atom is -0.507 e. The highest BCUT2D eigenvalue weighted by Gasteiger charge is 2.12. The maximum absolute atomic E-state index is 12.3. The molecule has 1 aromatic heterocycles. The van der Waals surface area contributed by atoms with E-state index in [0.717, 1.165) is 5.56 Å². The minimum absolute atomic E-state index is 0.0200. The van der Waals surface area contributed by atoms with Crippen LogP contribution in [0.5, 0.6) is 5.75 Å². The molecule has 0 spiro atoms. The fourth-order valence-electron chi connectivity index (χ4n) is 2.59. The summed E-state index contributed by atoms with van der Waals surface area (Å²) in [7, 11) is 0. The second-order valence-electron chi connectivity index (χ2n) is 6.04. The van der Waals surface area contributed by atoms with Gasteiger partial charge >= 0.3 is 0 Å². The number of hydrogen-bond acceptors (Lipinski definition) is 4. The number of carbonyl (C=O) groups is 2. The van der Waals surface area contributed by atoms with E-state index in [4.69, 9.17) is 0 Å². The first-order valence-electron chi connectivity index (χ1n) is 8.41. The van der Waals surface area contributed by atoms with Gasteiger partial charge < -0.3 is 15.7 Å². The van der Waals surface area contributed by atoms with E-state index in [1.807, 2.05) is 6.07 Å². The van der Waals surface area contributed by atoms with Crippen molar-refractivity contribution in [1.29, 1.82) is 0 Å². The number of benzene rings is 2. The van der Waals surface area contributed by atoms with Crippen LogP contribution in [0.4, 0.5) is 5.69 Å². The van der Waals surface area contributed by atoms with Crippen LogP contribution in [0.3, 0.4) is 0 Å². The predicted molar refractivity (Wildman–Crippen MR) is 103 cm³/mol. The number of amides is 2. The van der Waals surface area contributed by atoms with Gasteiger partial charge in [0.1, 0.15) is 5.75 Å². The summed E-state index contributed by atoms with van der Waals surface area (Å²) in [6, 6.07) is 15.5. The number of para-hydroxylation sites is 1. The van der Waals surface area contributed by atoms with E-state index in [1.165, 1.54) is 0 Å². The van der Waals surface area contributed by atoms with Crippen molar-refractivity contribution in [1.82, 2.24) is 10.3 Å². The highest BCUT2D eigenvalue weighted by atomic mass is 16.3. The summed E-state index contributed by atoms with van der Waals surface area (Å²) in [6.07, 6.45) is 3.11. The van der Waals surface area contributed by atoms with E-state index < -0.39 is 0 Å². The molecular formula is C21H19N3O3. The Bertz CT molecular complexity index is 971. The number of anilines is 1. The summed E-state index contributed by atoms with van der Waals surface area (Å²) in [6.45, 7) is 2.01. The molecule has 0 saturated heterocycles. The number of aryl methyl sites for hydroxylation is 1. The van der Waals surface area contributed by atoms with Crippen LogP contribution in [-0.2, 0) is 6.54 Å². The first kappa shape index (κ1) is 18.1. The number of pyridine rings is 1. The topological polar surface area (TPSA) is 91.3 Å². The highest BCUT2D eigenvalue weighted by Crippen LogP contribution is 2.21. The molecule has 0 radical (unpaired) electrons. The Morgan fingerprint density at radius 2 is 1.74 bits per heavy atom. The lowest BCUT2D eigenvalue weighted by Gasteiger charge is -2.10. The van der Waals surface area contributed by atoms with Crippen LogP contribution >= 0.6 is 0 Å². The van der Waals surface area contributed by atoms with Gasteiger partial charge in [0.25, 0.3) is 11.8 Å². The van der Waals surface area contributed by atoms with Gasteiger partial charge in [0.15, 0.2) is 0 Å². The number of nitrogens with one attached hydrogen (secondary N) is 2. The van der Waals surface area contributed by atoms with Gasteiger partial charge in [0.05, 0.1) is 5.56 Å². The molecule has 3 N–H and O–H groups in total. The summed E-state index contributed by atoms with van der Waals surface area (Å²) in [5, 5.41) is 15.6. The fourth-order valence-corrected chi connectivity index (χ4v) is 2.59. The smallest absolute Gasteiger partial charge is 0.255 e. The lowest BCUT2D eigenvalue weighted by atomic mass is 10.1. The van der Waals surface area contributed by atoms with Gasteiger partial charge in [-0.2, -0.15) is 0 Å². The average Bonchev–Trinajstić information content (AvgIpc) is 2.69. The molecule has 0 fully saturated rings. The van der Waals surface area contributed by atoms with Crippen LogP contribution in [0, 0.1) is 6.92 Å². The van der Waals surface area contributed by atoms with Crippen molar-refractivity contribution >= 4 is 17.5 Å². The molecule has 0 aliphatic heterocycles. The molecule has 3 aromatic rings. The SMILES string of the molecule is Cc1cccc(C(=O)NCc2cccc(NC(=O)c3ccncc3)c2)c1O. The first-order valence-corrected chi connectivity index (χ1v) is 8.41. The summed E-state index contributed by atoms with van der Waals surface area (Å²) < 4.78 is 0. The Morgan fingerprint density at radius 3 is 2.52 bits per heavy atom. The second-order valence-corrected chi connectivity index (χ2v) is 6.04. The fraction of sp³-hybridized carbons (Fsp3) is 0.0952. The quantitative estimate of drug-likeness (QED) is 0.650. The molecule has 0 aliphatic carbocycles. The third kappa shape index (κ3) is 4.49. The van der Waals surface area contributed by atoms with E-state index in [0.29, 0.717) is 16.8 Å². The monoisotopic (exact) mass is 361 g/mol. The molecular weight excluding hydrogens is 342 g/mol. The molecule has 6 nitrogen and oxygen atoms in total. The molecule has 136 valence electrons. The van der Waals surface area contributed by atoms with E-state index in [2.05, 4.69) is 15.6 Å². The maximum atomic E-state index is 12.3. The number of phenols is 1. The summed E-state index contributed by atoms with van der Waals surface area (Å²) in [5.41, 5.74) is 2.84. The highest BCUT2D eigenvalue weighted by molar-refractivity contribution is 6.04. The van der Waals surface area contributed by atoms with Crippen molar-refractivity contribution in [3.8, 4) is 5.75 Å². The second kappa shape index (κ2) is 8.14. The van der Waals surface area contributed by atoms with Gasteiger partial charge in [-0.15, -0.1) is 0 Å². The Morgan fingerprint density at radius 1 is 1.00 bits per heavy atom. The molecule has 2 amide bonds. The van der Waals surface area contributed by atoms with E-state index in [1.54, 1.807) is 67.8 Å². The number of rotatable bonds is 5. The molecule has 3 rings (SSSR count). The number of aromatic hydroxyl groups is 1. The Balaban J connectivity index is 1.65. The predicted octanol–water partition coefficient (Wildman–Crippen LogP) is 3.28. The van der Waals surface area contributed by atoms with Gasteiger partial charge in [-0.05, 0) is 48.4 Å². The molecule has 0 unspecified atom stereocenters. The van der Waals surface area contributed by atoms with Crippen molar-refractivity contribution in [2.24, 2.45) is 0 Å². The van der Waals surface area contributed by atoms with Crippen molar-refractivity contribution in [2.75, 3.05) is 5.32 Å². The van der Waals surface area contributed by atoms with Crippen LogP contribution in [-0.4, -0.2) is 21.9 Å². The zero-order valence-corrected chi connectivity index (χ0v) is 14.8. The number of aromatic nitrogens is 1. The van der Waals surface area contributed by atoms with Crippen LogP contribution in [0.25, 0.3) is 0 Å². The Hall–Kier alpha value is -3.67. The Kier molecular flexibility index (Phi) is 5.47. The van der Waals surface area contributed by atoms with Crippen molar-refractivity contribution in [3.05, 3.63) is 89.2 Å². The number of hydrogen-bond donors (Lipinski definition) is 3. The van der Waals surface area contributed by atoms with Crippen molar-refractivity contribution in [3.63, 3.8) is 0 Å². The van der Waals surface area contributed by atoms with E-state index in [-0.39, 0.29) is 29.7 Å². The molecule has 27 heavy (non-hydrogen) atoms. The van der Waals surface area contributed by atoms with Gasteiger partial charge in [0, 0.05) is 30.2 Å². The molecule has 6 heteroatoms. The van der Waals surface area contributed by atoms with Crippen molar-refractivity contribution < 1.29 is 14.7 Å². The molecule has 0 saturated carbocycles. The van der Waals surface area contributed by atoms with E-state index >= 15 is 0 Å². The van der Waals surface area contributed by atoms with Gasteiger partial charge in [-0.3, -0.25) is 14.6 Å². The number of carbonyl (C=O) groups excluding carboxylic acids is 2. The average molecular weight is 361 g/mol. The lowest BCUT2D eigenvalue weighted by Crippen LogP contribution is -2.23. The van der Waals surface area contributed by atoms with E-state index in [9.17, 15) is 14.7 Å². The molecule has 0 aliphatic rings. The number of nitrogens with zero attached hydrogens (tertiary/aromatic N) is 1. The van der Waals surface area contributed by atoms with Crippen LogP contribution < -0.4 is 10.6 Å². The third-order valence-corrected chi connectivity index (χ3v) is 4.06. The normalized spacial score (nSPS) is 10.3. The standard InChI is InChI=1S/C21H19N3O3/c1-14-4-2-7-18(19(14)25)21(27)23-13-15-5-3-6-17(12-15)24-20(26)16-8-10-22-11-9-16/h2-12,25H,13H2,1H3,(H,23,27)(H,24,26). The van der Waals surface area contributed by atoms with Crippen LogP contribution in [0.1, 0.15) is 31.8 Å². The van der Waals surface area contributed by atoms with Crippen LogP contribution in [0.15, 0.2) is 67.0 Å². The molecule has 1 heterocycles. The summed E-state index contributed by atoms with van der Waals surface area (Å²) in [4.78, 5) is 28.4. The van der Waals surface area contributed by atoms with Gasteiger partial charge in [-0.25, -0.2) is 0 Å². The summed E-state index contributed by atoms with van der Waals surface area (Å²) in [5.74, 6) is -0.612. The maximum Gasteiger partial charge on any atom is 0.255 e. The van der Waals surface area contributed by atoms with Crippen molar-refractivity contribution in [2.45, 2.75) is 13.5 Å². The molecule has 2 aromatic carbocycles. The molecule has 0 bridgehead atoms. The zero-order valence-electron chi connectivity index (χ0n) is 14.8. The zero-order chi connectivity index (χ0) is 19.2. The minimum atomic E-state index is -0.359. The summed E-state index contributed by atoms with van der Waals surface area (Å²) >= 11 is 0. The van der Waals surface area contributed by atoms with Gasteiger partial charge in [0.2, 0.25) is 0 Å². The van der Waals surface area contributed by atoms with Gasteiger partial charge in [-0.1, -0.05) is 24.3 Å². The first-order chi connectivity index (χ1) is 13.0. The van der Waals surface area contributed by atoms with Crippen LogP contribution in [0.2, 0.25) is 0 Å². The Labute approximate surface area is 156 Å². The third-order valence-electron chi connectivity index (χ3n) is 4.06. The largest absolute Gasteiger partial charge is 0.507 e. The molecule has 0 atom stereocenters. The lowest BCUT2D eigenvalue weighted by molar-refractivity contribution is 0.0947. The number of phenolic OH excluding ortho intramolecular Hbond substituents is 1.